The molecule has 0 spiro atoms. The van der Waals surface area contributed by atoms with E-state index in [9.17, 15) is 0 Å². The number of rotatable bonds is 8. The summed E-state index contributed by atoms with van der Waals surface area (Å²) in [6.07, 6.45) is 0. The van der Waals surface area contributed by atoms with Crippen molar-refractivity contribution < 1.29 is 9.47 Å². The molecule has 0 aliphatic rings. The molecule has 1 heterocycles. The monoisotopic (exact) mass is 305 g/mol. The van der Waals surface area contributed by atoms with Gasteiger partial charge in [0.05, 0.1) is 18.5 Å². The lowest BCUT2D eigenvalue weighted by Crippen LogP contribution is -2.13. The van der Waals surface area contributed by atoms with E-state index in [1.165, 1.54) is 0 Å². The maximum atomic E-state index is 5.48. The van der Waals surface area contributed by atoms with Crippen molar-refractivity contribution in [1.82, 2.24) is 14.8 Å². The second-order valence-corrected chi connectivity index (χ2v) is 4.78. The van der Waals surface area contributed by atoms with Crippen LogP contribution in [0.4, 0.5) is 0 Å². The predicted molar refractivity (Wildman–Crippen MR) is 69.0 cm³/mol. The van der Waals surface area contributed by atoms with Crippen LogP contribution >= 0.6 is 15.9 Å². The van der Waals surface area contributed by atoms with Crippen LogP contribution in [0.15, 0.2) is 0 Å². The summed E-state index contributed by atoms with van der Waals surface area (Å²) in [5, 5.41) is 9.01. The van der Waals surface area contributed by atoms with Gasteiger partial charge in [0.25, 0.3) is 0 Å². The SMILES string of the molecule is COCCOCc1nnc(CBr)n1CC(C)C. The first-order chi connectivity index (χ1) is 8.19. The number of hydrogen-bond donors (Lipinski definition) is 0. The van der Waals surface area contributed by atoms with Crippen molar-refractivity contribution in [3.63, 3.8) is 0 Å². The van der Waals surface area contributed by atoms with Gasteiger partial charge < -0.3 is 14.0 Å². The Labute approximate surface area is 111 Å². The van der Waals surface area contributed by atoms with Crippen molar-refractivity contribution in [3.8, 4) is 0 Å². The first-order valence-corrected chi connectivity index (χ1v) is 6.84. The average molecular weight is 306 g/mol. The van der Waals surface area contributed by atoms with Gasteiger partial charge in [0.1, 0.15) is 12.4 Å². The quantitative estimate of drug-likeness (QED) is 0.544. The molecule has 0 bridgehead atoms. The second kappa shape index (κ2) is 7.79. The van der Waals surface area contributed by atoms with E-state index in [-0.39, 0.29) is 0 Å². The van der Waals surface area contributed by atoms with Gasteiger partial charge >= 0.3 is 0 Å². The van der Waals surface area contributed by atoms with Gasteiger partial charge in [0.15, 0.2) is 5.82 Å². The largest absolute Gasteiger partial charge is 0.382 e. The fraction of sp³-hybridized carbons (Fsp3) is 0.818. The molecule has 0 aliphatic heterocycles. The van der Waals surface area contributed by atoms with Gasteiger partial charge in [-0.3, -0.25) is 0 Å². The van der Waals surface area contributed by atoms with Gasteiger partial charge in [0.2, 0.25) is 0 Å². The number of aromatic nitrogens is 3. The highest BCUT2D eigenvalue weighted by Crippen LogP contribution is 2.10. The topological polar surface area (TPSA) is 49.2 Å². The van der Waals surface area contributed by atoms with Crippen LogP contribution in [0.3, 0.4) is 0 Å². The van der Waals surface area contributed by atoms with Crippen LogP contribution in [0.1, 0.15) is 25.5 Å². The molecular weight excluding hydrogens is 286 g/mol. The molecule has 1 rings (SSSR count). The molecule has 6 heteroatoms. The number of hydrogen-bond acceptors (Lipinski definition) is 4. The van der Waals surface area contributed by atoms with Crippen molar-refractivity contribution >= 4 is 15.9 Å². The lowest BCUT2D eigenvalue weighted by atomic mass is 10.2. The second-order valence-electron chi connectivity index (χ2n) is 4.22. The van der Waals surface area contributed by atoms with Crippen molar-refractivity contribution in [2.24, 2.45) is 5.92 Å². The van der Waals surface area contributed by atoms with Crippen LogP contribution < -0.4 is 0 Å². The summed E-state index contributed by atoms with van der Waals surface area (Å²) in [4.78, 5) is 0. The summed E-state index contributed by atoms with van der Waals surface area (Å²) < 4.78 is 12.5. The summed E-state index contributed by atoms with van der Waals surface area (Å²) in [5.74, 6) is 2.38. The van der Waals surface area contributed by atoms with Crippen LogP contribution in [-0.4, -0.2) is 35.1 Å². The van der Waals surface area contributed by atoms with E-state index in [0.29, 0.717) is 31.1 Å². The third kappa shape index (κ3) is 4.73. The zero-order chi connectivity index (χ0) is 12.7. The molecule has 0 unspecified atom stereocenters. The lowest BCUT2D eigenvalue weighted by Gasteiger charge is -2.11. The van der Waals surface area contributed by atoms with Gasteiger partial charge in [-0.1, -0.05) is 29.8 Å². The molecule has 1 aromatic rings. The van der Waals surface area contributed by atoms with Crippen molar-refractivity contribution in [1.29, 1.82) is 0 Å². The summed E-state index contributed by atoms with van der Waals surface area (Å²) in [7, 11) is 1.66. The lowest BCUT2D eigenvalue weighted by molar-refractivity contribution is 0.0569. The van der Waals surface area contributed by atoms with Gasteiger partial charge in [-0.2, -0.15) is 0 Å². The molecule has 0 fully saturated rings. The number of nitrogens with zero attached hydrogens (tertiary/aromatic N) is 3. The molecule has 0 radical (unpaired) electrons. The molecule has 0 amide bonds. The fourth-order valence-electron chi connectivity index (χ4n) is 1.46. The molecule has 1 aromatic heterocycles. The third-order valence-electron chi connectivity index (χ3n) is 2.23. The third-order valence-corrected chi connectivity index (χ3v) is 2.74. The molecule has 0 aliphatic carbocycles. The summed E-state index contributed by atoms with van der Waals surface area (Å²) in [6, 6.07) is 0. The number of halogens is 1. The van der Waals surface area contributed by atoms with E-state index in [1.54, 1.807) is 7.11 Å². The number of methoxy groups -OCH3 is 1. The number of ether oxygens (including phenoxy) is 2. The smallest absolute Gasteiger partial charge is 0.159 e. The van der Waals surface area contributed by atoms with Gasteiger partial charge in [-0.05, 0) is 5.92 Å². The summed E-state index contributed by atoms with van der Waals surface area (Å²) in [6.45, 7) is 6.92. The molecule has 0 aromatic carbocycles. The van der Waals surface area contributed by atoms with E-state index in [4.69, 9.17) is 9.47 Å². The van der Waals surface area contributed by atoms with Crippen LogP contribution in [0, 0.1) is 5.92 Å². The first-order valence-electron chi connectivity index (χ1n) is 5.72. The Balaban J connectivity index is 2.60. The molecule has 0 N–H and O–H groups in total. The van der Waals surface area contributed by atoms with E-state index in [0.717, 1.165) is 18.2 Å². The van der Waals surface area contributed by atoms with Crippen molar-refractivity contribution in [3.05, 3.63) is 11.6 Å². The number of alkyl halides is 1. The highest BCUT2D eigenvalue weighted by atomic mass is 79.9. The van der Waals surface area contributed by atoms with Gasteiger partial charge in [-0.25, -0.2) is 0 Å². The maximum Gasteiger partial charge on any atom is 0.159 e. The standard InChI is InChI=1S/C11H20BrN3O2/c1-9(2)7-15-10(6-12)13-14-11(15)8-17-5-4-16-3/h9H,4-8H2,1-3H3. The van der Waals surface area contributed by atoms with Gasteiger partial charge in [-0.15, -0.1) is 10.2 Å². The Hall–Kier alpha value is -0.460. The Morgan fingerprint density at radius 3 is 2.53 bits per heavy atom. The van der Waals surface area contributed by atoms with Crippen LogP contribution in [0.5, 0.6) is 0 Å². The molecule has 98 valence electrons. The minimum absolute atomic E-state index is 0.482. The fourth-order valence-corrected chi connectivity index (χ4v) is 1.87. The molecular formula is C11H20BrN3O2. The van der Waals surface area contributed by atoms with Crippen LogP contribution in [-0.2, 0) is 28.0 Å². The van der Waals surface area contributed by atoms with Crippen molar-refractivity contribution in [2.75, 3.05) is 20.3 Å². The molecule has 17 heavy (non-hydrogen) atoms. The Morgan fingerprint density at radius 1 is 1.24 bits per heavy atom. The normalized spacial score (nSPS) is 11.4. The van der Waals surface area contributed by atoms with E-state index < -0.39 is 0 Å². The van der Waals surface area contributed by atoms with Gasteiger partial charge in [0, 0.05) is 13.7 Å². The first kappa shape index (κ1) is 14.6. The average Bonchev–Trinajstić information content (AvgIpc) is 2.66. The van der Waals surface area contributed by atoms with Crippen LogP contribution in [0.25, 0.3) is 0 Å². The molecule has 0 saturated heterocycles. The molecule has 0 atom stereocenters. The highest BCUT2D eigenvalue weighted by molar-refractivity contribution is 9.08. The van der Waals surface area contributed by atoms with E-state index in [1.807, 2.05) is 0 Å². The van der Waals surface area contributed by atoms with Crippen molar-refractivity contribution in [2.45, 2.75) is 32.3 Å². The summed E-state index contributed by atoms with van der Waals surface area (Å²) >= 11 is 3.42. The minimum Gasteiger partial charge on any atom is -0.382 e. The molecule has 5 nitrogen and oxygen atoms in total. The highest BCUT2D eigenvalue weighted by Gasteiger charge is 2.12. The Kier molecular flexibility index (Phi) is 6.69. The predicted octanol–water partition coefficient (Wildman–Crippen LogP) is 1.99. The maximum absolute atomic E-state index is 5.48. The zero-order valence-corrected chi connectivity index (χ0v) is 12.2. The minimum atomic E-state index is 0.482. The van der Waals surface area contributed by atoms with E-state index >= 15 is 0 Å². The summed E-state index contributed by atoms with van der Waals surface area (Å²) in [5.41, 5.74) is 0. The Morgan fingerprint density at radius 2 is 1.94 bits per heavy atom. The van der Waals surface area contributed by atoms with E-state index in [2.05, 4.69) is 44.5 Å². The van der Waals surface area contributed by atoms with Crippen LogP contribution in [0.2, 0.25) is 0 Å². The Bertz CT molecular complexity index is 329. The zero-order valence-electron chi connectivity index (χ0n) is 10.6. The molecule has 0 saturated carbocycles.